The predicted octanol–water partition coefficient (Wildman–Crippen LogP) is 24.7. The Kier molecular flexibility index (Phi) is 76.0. The normalized spacial score (nSPS) is 14.9. The molecule has 0 aliphatic rings. The first-order valence-corrected chi connectivity index (χ1v) is 44.3. The van der Waals surface area contributed by atoms with E-state index in [1.54, 1.807) is 0 Å². The van der Waals surface area contributed by atoms with Crippen LogP contribution in [0.3, 0.4) is 0 Å². The summed E-state index contributed by atoms with van der Waals surface area (Å²) >= 11 is 0. The summed E-state index contributed by atoms with van der Waals surface area (Å²) in [6.07, 6.45) is 101. The molecule has 0 amide bonds. The van der Waals surface area contributed by atoms with Crippen molar-refractivity contribution >= 4 is 39.5 Å². The average Bonchev–Trinajstić information content (AvgIpc) is 0.900. The number of phosphoric ester groups is 2. The van der Waals surface area contributed by atoms with E-state index in [0.717, 1.165) is 148 Å². The summed E-state index contributed by atoms with van der Waals surface area (Å²) in [6.45, 7) is 4.36. The molecule has 19 heteroatoms. The second kappa shape index (κ2) is 80.7. The molecule has 110 heavy (non-hydrogen) atoms. The van der Waals surface area contributed by atoms with Gasteiger partial charge in [-0.15, -0.1) is 0 Å². The number of unbranched alkanes of at least 4 members (excludes halogenated alkanes) is 15. The molecule has 0 rings (SSSR count). The van der Waals surface area contributed by atoms with Crippen molar-refractivity contribution in [2.75, 3.05) is 39.6 Å². The molecule has 0 spiro atoms. The highest BCUT2D eigenvalue weighted by atomic mass is 31.2. The van der Waals surface area contributed by atoms with Crippen LogP contribution in [0, 0.1) is 0 Å². The third-order valence-electron chi connectivity index (χ3n) is 16.2. The molecule has 2 unspecified atom stereocenters. The molecule has 5 atom stereocenters. The second-order valence-electron chi connectivity index (χ2n) is 26.6. The molecule has 0 aliphatic heterocycles. The van der Waals surface area contributed by atoms with Gasteiger partial charge in [0, 0.05) is 25.7 Å². The van der Waals surface area contributed by atoms with Crippen molar-refractivity contribution in [3.05, 3.63) is 207 Å². The van der Waals surface area contributed by atoms with Crippen molar-refractivity contribution < 1.29 is 80.2 Å². The third-order valence-corrected chi connectivity index (χ3v) is 18.1. The maximum absolute atomic E-state index is 13.1. The minimum absolute atomic E-state index is 0.0116. The lowest BCUT2D eigenvalue weighted by atomic mass is 10.1. The fourth-order valence-corrected chi connectivity index (χ4v) is 11.6. The molecular weight excluding hydrogens is 1430 g/mol. The minimum atomic E-state index is -5.03. The van der Waals surface area contributed by atoms with Gasteiger partial charge in [0.1, 0.15) is 19.3 Å². The number of aliphatic hydroxyl groups is 1. The number of carbonyl (C=O) groups is 4. The zero-order valence-corrected chi connectivity index (χ0v) is 69.6. The molecule has 0 heterocycles. The summed E-state index contributed by atoms with van der Waals surface area (Å²) < 4.78 is 68.5. The first-order chi connectivity index (χ1) is 53.7. The Bertz CT molecular complexity index is 2900. The zero-order chi connectivity index (χ0) is 80.3. The number of phosphoric acid groups is 2. The Balaban J connectivity index is 5.56. The largest absolute Gasteiger partial charge is 0.472 e. The van der Waals surface area contributed by atoms with Gasteiger partial charge in [-0.25, -0.2) is 9.13 Å². The molecule has 0 aromatic rings. The maximum Gasteiger partial charge on any atom is 0.472 e. The molecule has 0 saturated carbocycles. The van der Waals surface area contributed by atoms with E-state index in [-0.39, 0.29) is 25.7 Å². The summed E-state index contributed by atoms with van der Waals surface area (Å²) in [4.78, 5) is 73.1. The first-order valence-electron chi connectivity index (χ1n) is 41.3. The Morgan fingerprint density at radius 1 is 0.264 bits per heavy atom. The molecule has 17 nitrogen and oxygen atoms in total. The van der Waals surface area contributed by atoms with Crippen LogP contribution >= 0.6 is 15.6 Å². The quantitative estimate of drug-likeness (QED) is 0.0169. The number of ether oxygens (including phenoxy) is 4. The van der Waals surface area contributed by atoms with Gasteiger partial charge < -0.3 is 33.8 Å². The van der Waals surface area contributed by atoms with Crippen LogP contribution in [0.2, 0.25) is 0 Å². The highest BCUT2D eigenvalue weighted by molar-refractivity contribution is 7.47. The molecule has 0 radical (unpaired) electrons. The van der Waals surface area contributed by atoms with Gasteiger partial charge in [0.25, 0.3) is 0 Å². The van der Waals surface area contributed by atoms with Crippen LogP contribution < -0.4 is 0 Å². The van der Waals surface area contributed by atoms with E-state index in [0.29, 0.717) is 38.5 Å². The molecule has 3 N–H and O–H groups in total. The molecule has 0 aromatic heterocycles. The van der Waals surface area contributed by atoms with Crippen molar-refractivity contribution in [1.82, 2.24) is 0 Å². The van der Waals surface area contributed by atoms with Gasteiger partial charge in [-0.1, -0.05) is 292 Å². The summed E-state index contributed by atoms with van der Waals surface area (Å²) in [5.41, 5.74) is 0. The van der Waals surface area contributed by atoms with Crippen LogP contribution in [0.25, 0.3) is 0 Å². The van der Waals surface area contributed by atoms with Gasteiger partial charge in [0.2, 0.25) is 0 Å². The van der Waals surface area contributed by atoms with Crippen molar-refractivity contribution in [2.24, 2.45) is 0 Å². The number of allylic oxidation sites excluding steroid dienone is 34. The van der Waals surface area contributed by atoms with Gasteiger partial charge in [0.15, 0.2) is 12.2 Å². The molecule has 0 saturated heterocycles. The number of rotatable bonds is 75. The molecule has 0 aromatic carbocycles. The van der Waals surface area contributed by atoms with Crippen molar-refractivity contribution in [1.29, 1.82) is 0 Å². The number of esters is 4. The van der Waals surface area contributed by atoms with E-state index in [1.165, 1.54) is 44.9 Å². The number of carbonyl (C=O) groups excluding carboxylic acids is 4. The summed E-state index contributed by atoms with van der Waals surface area (Å²) in [5, 5.41) is 10.7. The van der Waals surface area contributed by atoms with E-state index < -0.39 is 97.5 Å². The van der Waals surface area contributed by atoms with Crippen LogP contribution in [0.5, 0.6) is 0 Å². The lowest BCUT2D eigenvalue weighted by Crippen LogP contribution is -2.30. The van der Waals surface area contributed by atoms with E-state index in [1.807, 2.05) is 36.5 Å². The topological polar surface area (TPSA) is 237 Å². The predicted molar refractivity (Wildman–Crippen MR) is 454 cm³/mol. The average molecular weight is 1570 g/mol. The Morgan fingerprint density at radius 2 is 0.491 bits per heavy atom. The van der Waals surface area contributed by atoms with Crippen molar-refractivity contribution in [3.8, 4) is 0 Å². The van der Waals surface area contributed by atoms with Crippen LogP contribution in [-0.2, 0) is 65.4 Å². The van der Waals surface area contributed by atoms with Gasteiger partial charge in [0.05, 0.1) is 26.4 Å². The Morgan fingerprint density at radius 3 is 0.836 bits per heavy atom. The van der Waals surface area contributed by atoms with Crippen molar-refractivity contribution in [3.63, 3.8) is 0 Å². The maximum atomic E-state index is 13.1. The standard InChI is InChI=1S/C91H144O17P2/c1-5-9-13-17-21-25-29-33-36-39-42-45-48-52-55-59-63-67-71-75-88(93)101-81-86(107-90(95)77-73-69-65-61-57-51-32-28-24-20-16-12-8-4)83-105-109(97,98)103-79-85(92)80-104-110(99,100)106-84-87(108-91(96)78-74-70-66-62-58-54-50-47-44-41-38-35-31-27-23-19-15-11-7-3)82-102-89(94)76-72-68-64-60-56-53-49-46-43-40-37-34-30-26-22-18-14-10-6-2/h9-10,13-14,21-23,25-28,32-38,42-47,52-56,58,64,66,68,70,85-87,92H,5-8,11-12,15-20,24,29-31,39-41,48-51,57,59-63,65,67,69,71-84H2,1-4H3,(H,97,98)(H,99,100)/b13-9-,14-10-,25-21-,26-22-,27-23-,32-28-,36-33-,37-34-,38-35-,45-42-,46-43-,47-44-,55-52-,56-53-,58-54-,68-64-,70-66-/t85-,86+,87+/m0/s1. The Hall–Kier alpha value is -6.36. The highest BCUT2D eigenvalue weighted by Crippen LogP contribution is 2.45. The molecule has 0 aliphatic carbocycles. The third kappa shape index (κ3) is 79.7. The SMILES string of the molecule is CC/C=C\C/C=C\C/C=C\C/C=C\C/C=C\C/C=C\CCC(=O)OC[C@H](COP(=O)(O)OC[C@@H](O)COP(=O)(O)OC[C@@H](COC(=O)CCCCC/C=C\C/C=C\C/C=C\C/C=C\C/C=C\CC)OC(=O)CCCCCCC/C=C\CCCCCC)OC(=O)CC/C=C\C/C=C\C/C=C\C/C=C\C/C=C\CCCCC. The molecular formula is C91H144O17P2. The number of aliphatic hydroxyl groups excluding tert-OH is 1. The highest BCUT2D eigenvalue weighted by Gasteiger charge is 2.30. The van der Waals surface area contributed by atoms with Gasteiger partial charge in [-0.05, 0) is 173 Å². The second-order valence-corrected chi connectivity index (χ2v) is 29.5. The van der Waals surface area contributed by atoms with E-state index in [9.17, 15) is 43.2 Å². The Labute approximate surface area is 665 Å². The molecule has 0 bridgehead atoms. The van der Waals surface area contributed by atoms with Gasteiger partial charge in [-0.3, -0.25) is 37.3 Å². The minimum Gasteiger partial charge on any atom is -0.462 e. The van der Waals surface area contributed by atoms with Gasteiger partial charge in [-0.2, -0.15) is 0 Å². The van der Waals surface area contributed by atoms with Crippen LogP contribution in [0.15, 0.2) is 207 Å². The van der Waals surface area contributed by atoms with Crippen LogP contribution in [-0.4, -0.2) is 96.7 Å². The zero-order valence-electron chi connectivity index (χ0n) is 67.8. The number of hydrogen-bond acceptors (Lipinski definition) is 15. The number of hydrogen-bond donors (Lipinski definition) is 3. The monoisotopic (exact) mass is 1570 g/mol. The fraction of sp³-hybridized carbons (Fsp3) is 0.582. The smallest absolute Gasteiger partial charge is 0.462 e. The van der Waals surface area contributed by atoms with Crippen LogP contribution in [0.4, 0.5) is 0 Å². The summed E-state index contributed by atoms with van der Waals surface area (Å²) in [6, 6.07) is 0. The lowest BCUT2D eigenvalue weighted by molar-refractivity contribution is -0.161. The summed E-state index contributed by atoms with van der Waals surface area (Å²) in [5.74, 6) is -2.44. The fourth-order valence-electron chi connectivity index (χ4n) is 10.0. The van der Waals surface area contributed by atoms with Crippen molar-refractivity contribution in [2.45, 2.75) is 303 Å². The van der Waals surface area contributed by atoms with Crippen LogP contribution in [0.1, 0.15) is 285 Å². The summed E-state index contributed by atoms with van der Waals surface area (Å²) in [7, 11) is -10.0. The molecule has 0 fully saturated rings. The first kappa shape index (κ1) is 104. The lowest BCUT2D eigenvalue weighted by Gasteiger charge is -2.21. The van der Waals surface area contributed by atoms with E-state index in [2.05, 4.69) is 198 Å². The van der Waals surface area contributed by atoms with E-state index >= 15 is 0 Å². The van der Waals surface area contributed by atoms with Gasteiger partial charge >= 0.3 is 39.5 Å². The molecule has 620 valence electrons. The van der Waals surface area contributed by atoms with E-state index in [4.69, 9.17) is 37.0 Å².